The fourth-order valence-corrected chi connectivity index (χ4v) is 6.99. The molecule has 0 heterocycles. The molecule has 1 N–H and O–H groups in total. The van der Waals surface area contributed by atoms with Gasteiger partial charge in [0.2, 0.25) is 11.8 Å². The normalized spacial score (nSPS) is 11.9. The van der Waals surface area contributed by atoms with E-state index in [0.717, 1.165) is 28.3 Å². The molecule has 46 heavy (non-hydrogen) atoms. The summed E-state index contributed by atoms with van der Waals surface area (Å²) in [5.74, 6) is -0.959. The molecule has 0 aliphatic carbocycles. The molecule has 0 spiro atoms. The van der Waals surface area contributed by atoms with Crippen molar-refractivity contribution < 1.29 is 18.0 Å². The quantitative estimate of drug-likeness (QED) is 0.137. The predicted octanol–water partition coefficient (Wildman–Crippen LogP) is 7.71. The average Bonchev–Trinajstić information content (AvgIpc) is 3.03. The van der Waals surface area contributed by atoms with Crippen LogP contribution in [0.1, 0.15) is 36.5 Å². The Labute approximate surface area is 286 Å². The zero-order chi connectivity index (χ0) is 33.3. The summed E-state index contributed by atoms with van der Waals surface area (Å²) in [4.78, 5) is 29.8. The molecule has 2 amide bonds. The number of halogens is 3. The number of carbonyl (C=O) groups excluding carboxylic acids is 2. The monoisotopic (exact) mass is 699 g/mol. The van der Waals surface area contributed by atoms with Crippen molar-refractivity contribution >= 4 is 62.3 Å². The van der Waals surface area contributed by atoms with E-state index in [1.807, 2.05) is 44.2 Å². The second-order valence-electron chi connectivity index (χ2n) is 10.9. The van der Waals surface area contributed by atoms with Crippen molar-refractivity contribution in [3.8, 4) is 0 Å². The molecular weight excluding hydrogens is 665 g/mol. The zero-order valence-electron chi connectivity index (χ0n) is 25.6. The minimum atomic E-state index is -4.32. The molecule has 0 aliphatic rings. The van der Waals surface area contributed by atoms with Gasteiger partial charge in [0, 0.05) is 29.6 Å². The maximum atomic E-state index is 14.5. The van der Waals surface area contributed by atoms with E-state index >= 15 is 0 Å². The van der Waals surface area contributed by atoms with Gasteiger partial charge in [0.05, 0.1) is 15.6 Å². The number of hydrogen-bond acceptors (Lipinski definition) is 4. The molecule has 7 nitrogen and oxygen atoms in total. The molecule has 0 bridgehead atoms. The number of unbranched alkanes of at least 4 members (excludes halogenated alkanes) is 1. The van der Waals surface area contributed by atoms with Gasteiger partial charge in [-0.3, -0.25) is 13.9 Å². The van der Waals surface area contributed by atoms with E-state index < -0.39 is 28.5 Å². The summed E-state index contributed by atoms with van der Waals surface area (Å²) in [5.41, 5.74) is 2.42. The Kier molecular flexibility index (Phi) is 12.5. The zero-order valence-corrected chi connectivity index (χ0v) is 28.7. The van der Waals surface area contributed by atoms with E-state index in [0.29, 0.717) is 17.1 Å². The van der Waals surface area contributed by atoms with E-state index in [-0.39, 0.29) is 39.5 Å². The van der Waals surface area contributed by atoms with Crippen LogP contribution in [0.4, 0.5) is 5.69 Å². The summed E-state index contributed by atoms with van der Waals surface area (Å²) in [6, 6.07) is 26.1. The van der Waals surface area contributed by atoms with Crippen LogP contribution in [0.25, 0.3) is 0 Å². The Bertz CT molecular complexity index is 1750. The van der Waals surface area contributed by atoms with Crippen LogP contribution in [-0.2, 0) is 32.6 Å². The largest absolute Gasteiger partial charge is 0.354 e. The fraction of sp³-hybridized carbons (Fsp3) is 0.257. The van der Waals surface area contributed by atoms with Crippen LogP contribution in [-0.4, -0.2) is 44.3 Å². The molecular formula is C35H36Cl3N3O4S. The third-order valence-electron chi connectivity index (χ3n) is 7.41. The number of rotatable bonds is 14. The number of hydrogen-bond donors (Lipinski definition) is 1. The van der Waals surface area contributed by atoms with Gasteiger partial charge in [-0.25, -0.2) is 8.42 Å². The summed E-state index contributed by atoms with van der Waals surface area (Å²) < 4.78 is 29.3. The molecule has 4 rings (SSSR count). The molecule has 0 aliphatic heterocycles. The van der Waals surface area contributed by atoms with E-state index in [1.54, 1.807) is 36.4 Å². The van der Waals surface area contributed by atoms with Crippen molar-refractivity contribution in [2.75, 3.05) is 17.4 Å². The van der Waals surface area contributed by atoms with Gasteiger partial charge >= 0.3 is 0 Å². The smallest absolute Gasteiger partial charge is 0.264 e. The van der Waals surface area contributed by atoms with Gasteiger partial charge in [-0.1, -0.05) is 108 Å². The maximum absolute atomic E-state index is 14.5. The van der Waals surface area contributed by atoms with Gasteiger partial charge in [0.25, 0.3) is 10.0 Å². The summed E-state index contributed by atoms with van der Waals surface area (Å²) in [7, 11) is -4.32. The lowest BCUT2D eigenvalue weighted by atomic mass is 10.0. The number of benzene rings is 4. The first kappa shape index (κ1) is 35.3. The lowest BCUT2D eigenvalue weighted by molar-refractivity contribution is -0.140. The molecule has 242 valence electrons. The van der Waals surface area contributed by atoms with Crippen LogP contribution in [0.2, 0.25) is 15.1 Å². The third kappa shape index (κ3) is 9.26. The molecule has 0 fully saturated rings. The molecule has 4 aromatic rings. The Morgan fingerprint density at radius 3 is 2.17 bits per heavy atom. The average molecular weight is 701 g/mol. The number of carbonyl (C=O) groups is 2. The summed E-state index contributed by atoms with van der Waals surface area (Å²) in [6.45, 7) is 3.65. The highest BCUT2D eigenvalue weighted by molar-refractivity contribution is 7.92. The van der Waals surface area contributed by atoms with E-state index in [2.05, 4.69) is 5.32 Å². The predicted molar refractivity (Wildman–Crippen MR) is 186 cm³/mol. The minimum Gasteiger partial charge on any atom is -0.354 e. The number of aryl methyl sites for hydroxylation is 1. The van der Waals surface area contributed by atoms with Gasteiger partial charge in [-0.2, -0.15) is 0 Å². The first-order valence-electron chi connectivity index (χ1n) is 14.9. The van der Waals surface area contributed by atoms with Crippen LogP contribution in [0, 0.1) is 6.92 Å². The van der Waals surface area contributed by atoms with Gasteiger partial charge in [-0.15, -0.1) is 0 Å². The molecule has 4 aromatic carbocycles. The van der Waals surface area contributed by atoms with Crippen molar-refractivity contribution in [1.29, 1.82) is 0 Å². The van der Waals surface area contributed by atoms with Crippen LogP contribution in [0.15, 0.2) is 102 Å². The van der Waals surface area contributed by atoms with Crippen LogP contribution in [0.3, 0.4) is 0 Å². The van der Waals surface area contributed by atoms with Crippen molar-refractivity contribution in [2.45, 2.75) is 50.6 Å². The number of nitrogens with zero attached hydrogens (tertiary/aromatic N) is 2. The summed E-state index contributed by atoms with van der Waals surface area (Å²) in [6.07, 6.45) is 1.84. The lowest BCUT2D eigenvalue weighted by Crippen LogP contribution is -2.53. The van der Waals surface area contributed by atoms with Crippen molar-refractivity contribution in [1.82, 2.24) is 10.2 Å². The SMILES string of the molecule is CCCCNC(=O)[C@@H](Cc1ccccc1)N(Cc1cccc(Cl)c1)C(=O)CN(c1cc(Cl)ccc1Cl)S(=O)(=O)c1ccc(C)cc1. The molecule has 0 saturated heterocycles. The third-order valence-corrected chi connectivity index (χ3v) is 9.97. The topological polar surface area (TPSA) is 86.8 Å². The number of nitrogens with one attached hydrogen (secondary N) is 1. The summed E-state index contributed by atoms with van der Waals surface area (Å²) >= 11 is 19.1. The van der Waals surface area contributed by atoms with Crippen LogP contribution < -0.4 is 9.62 Å². The number of sulfonamides is 1. The first-order chi connectivity index (χ1) is 22.0. The lowest BCUT2D eigenvalue weighted by Gasteiger charge is -2.34. The van der Waals surface area contributed by atoms with Gasteiger partial charge in [0.1, 0.15) is 12.6 Å². The Morgan fingerprint density at radius 2 is 1.50 bits per heavy atom. The van der Waals surface area contributed by atoms with Crippen LogP contribution >= 0.6 is 34.8 Å². The van der Waals surface area contributed by atoms with Crippen LogP contribution in [0.5, 0.6) is 0 Å². The Morgan fingerprint density at radius 1 is 0.826 bits per heavy atom. The van der Waals surface area contributed by atoms with Gasteiger partial charge < -0.3 is 10.2 Å². The van der Waals surface area contributed by atoms with Gasteiger partial charge in [-0.05, 0) is 66.9 Å². The highest BCUT2D eigenvalue weighted by atomic mass is 35.5. The van der Waals surface area contributed by atoms with Crippen molar-refractivity contribution in [3.63, 3.8) is 0 Å². The standard InChI is InChI=1S/C35H36Cl3N3O4S/c1-3-4-19-39-35(43)33(21-26-9-6-5-7-10-26)40(23-27-11-8-12-28(36)20-27)34(42)24-41(32-22-29(37)15-18-31(32)38)46(44,45)30-16-13-25(2)14-17-30/h5-18,20,22,33H,3-4,19,21,23-24H2,1-2H3,(H,39,43)/t33-/m1/s1. The highest BCUT2D eigenvalue weighted by Gasteiger charge is 2.35. The molecule has 1 atom stereocenters. The second-order valence-corrected chi connectivity index (χ2v) is 14.1. The van der Waals surface area contributed by atoms with E-state index in [1.165, 1.54) is 35.2 Å². The highest BCUT2D eigenvalue weighted by Crippen LogP contribution is 2.33. The minimum absolute atomic E-state index is 0.000210. The number of anilines is 1. The Hall–Kier alpha value is -3.56. The molecule has 0 radical (unpaired) electrons. The molecule has 0 unspecified atom stereocenters. The number of amides is 2. The molecule has 0 saturated carbocycles. The van der Waals surface area contributed by atoms with E-state index in [4.69, 9.17) is 34.8 Å². The second kappa shape index (κ2) is 16.3. The first-order valence-corrected chi connectivity index (χ1v) is 17.5. The van der Waals surface area contributed by atoms with Gasteiger partial charge in [0.15, 0.2) is 0 Å². The maximum Gasteiger partial charge on any atom is 0.264 e. The summed E-state index contributed by atoms with van der Waals surface area (Å²) in [5, 5.41) is 3.76. The van der Waals surface area contributed by atoms with Crippen molar-refractivity contribution in [3.05, 3.63) is 129 Å². The molecule has 11 heteroatoms. The Balaban J connectivity index is 1.82. The van der Waals surface area contributed by atoms with E-state index in [9.17, 15) is 18.0 Å². The fourth-order valence-electron chi connectivity index (χ4n) is 4.92. The van der Waals surface area contributed by atoms with Crippen molar-refractivity contribution in [2.24, 2.45) is 0 Å². The molecule has 0 aromatic heterocycles.